The fourth-order valence-electron chi connectivity index (χ4n) is 3.55. The van der Waals surface area contributed by atoms with Crippen molar-refractivity contribution >= 4 is 34.1 Å². The molecule has 4 aromatic rings. The molecule has 0 radical (unpaired) electrons. The molecule has 5 rings (SSSR count). The lowest BCUT2D eigenvalue weighted by Crippen LogP contribution is -2.24. The Kier molecular flexibility index (Phi) is 5.32. The van der Waals surface area contributed by atoms with Crippen molar-refractivity contribution in [2.24, 2.45) is 0 Å². The smallest absolute Gasteiger partial charge is 0.237 e. The van der Waals surface area contributed by atoms with Crippen molar-refractivity contribution in [2.45, 2.75) is 23.8 Å². The van der Waals surface area contributed by atoms with E-state index in [9.17, 15) is 4.79 Å². The van der Waals surface area contributed by atoms with Gasteiger partial charge in [-0.15, -0.1) is 10.2 Å². The first-order valence-electron chi connectivity index (χ1n) is 10.1. The number of amides is 1. The molecule has 3 aromatic carbocycles. The molecule has 0 unspecified atom stereocenters. The summed E-state index contributed by atoms with van der Waals surface area (Å²) in [5.41, 5.74) is 1.75. The summed E-state index contributed by atoms with van der Waals surface area (Å²) in [6.45, 7) is 1.98. The van der Waals surface area contributed by atoms with Gasteiger partial charge >= 0.3 is 0 Å². The SMILES string of the molecule is C[C@@H](Sc1nnc(Cc2cccc3ccccc23)n1N)C(=O)Nc1ccc2c(c1)OCO2. The van der Waals surface area contributed by atoms with Crippen LogP contribution in [0.1, 0.15) is 18.3 Å². The maximum Gasteiger partial charge on any atom is 0.237 e. The number of fused-ring (bicyclic) bond motifs is 2. The minimum Gasteiger partial charge on any atom is -0.454 e. The Morgan fingerprint density at radius 2 is 1.94 bits per heavy atom. The molecule has 3 N–H and O–H groups in total. The van der Waals surface area contributed by atoms with E-state index in [0.29, 0.717) is 34.6 Å². The van der Waals surface area contributed by atoms with Crippen LogP contribution in [0.5, 0.6) is 11.5 Å². The van der Waals surface area contributed by atoms with E-state index in [-0.39, 0.29) is 12.7 Å². The molecule has 9 heteroatoms. The van der Waals surface area contributed by atoms with Gasteiger partial charge in [-0.3, -0.25) is 4.79 Å². The Labute approximate surface area is 188 Å². The number of carbonyl (C=O) groups excluding carboxylic acids is 1. The number of nitrogens with one attached hydrogen (secondary N) is 1. The maximum atomic E-state index is 12.7. The molecule has 162 valence electrons. The number of hydrogen-bond acceptors (Lipinski definition) is 7. The van der Waals surface area contributed by atoms with Gasteiger partial charge in [-0.1, -0.05) is 54.2 Å². The Hall–Kier alpha value is -3.72. The monoisotopic (exact) mass is 447 g/mol. The third-order valence-corrected chi connectivity index (χ3v) is 6.31. The number of nitrogens with zero attached hydrogens (tertiary/aromatic N) is 3. The van der Waals surface area contributed by atoms with Crippen LogP contribution < -0.4 is 20.6 Å². The number of aromatic nitrogens is 3. The number of anilines is 1. The summed E-state index contributed by atoms with van der Waals surface area (Å²) in [7, 11) is 0. The minimum atomic E-state index is -0.433. The number of thioether (sulfide) groups is 1. The number of hydrogen-bond donors (Lipinski definition) is 2. The zero-order valence-corrected chi connectivity index (χ0v) is 18.1. The predicted octanol–water partition coefficient (Wildman–Crippen LogP) is 3.58. The zero-order chi connectivity index (χ0) is 22.1. The Morgan fingerprint density at radius 3 is 2.84 bits per heavy atom. The van der Waals surface area contributed by atoms with Gasteiger partial charge < -0.3 is 20.6 Å². The molecule has 0 aliphatic carbocycles. The highest BCUT2D eigenvalue weighted by atomic mass is 32.2. The topological polar surface area (TPSA) is 104 Å². The summed E-state index contributed by atoms with van der Waals surface area (Å²) in [5.74, 6) is 8.01. The van der Waals surface area contributed by atoms with Gasteiger partial charge in [0.2, 0.25) is 17.9 Å². The number of rotatable bonds is 6. The van der Waals surface area contributed by atoms with Crippen molar-refractivity contribution in [3.05, 3.63) is 72.1 Å². The van der Waals surface area contributed by atoms with Crippen LogP contribution in [0.4, 0.5) is 5.69 Å². The number of carbonyl (C=O) groups is 1. The predicted molar refractivity (Wildman–Crippen MR) is 123 cm³/mol. The van der Waals surface area contributed by atoms with Gasteiger partial charge in [-0.05, 0) is 35.4 Å². The molecule has 32 heavy (non-hydrogen) atoms. The average Bonchev–Trinajstić information content (AvgIpc) is 3.41. The van der Waals surface area contributed by atoms with Crippen LogP contribution in [-0.4, -0.2) is 32.8 Å². The molecule has 1 aromatic heterocycles. The van der Waals surface area contributed by atoms with Crippen molar-refractivity contribution in [1.29, 1.82) is 0 Å². The third-order valence-electron chi connectivity index (χ3n) is 5.26. The van der Waals surface area contributed by atoms with Crippen LogP contribution >= 0.6 is 11.8 Å². The van der Waals surface area contributed by atoms with Gasteiger partial charge in [0.15, 0.2) is 17.3 Å². The molecule has 1 amide bonds. The lowest BCUT2D eigenvalue weighted by molar-refractivity contribution is -0.115. The van der Waals surface area contributed by atoms with E-state index in [0.717, 1.165) is 16.3 Å². The lowest BCUT2D eigenvalue weighted by Gasteiger charge is -2.12. The molecule has 0 saturated carbocycles. The van der Waals surface area contributed by atoms with E-state index < -0.39 is 5.25 Å². The normalized spacial score (nSPS) is 13.3. The quantitative estimate of drug-likeness (QED) is 0.344. The van der Waals surface area contributed by atoms with Crippen molar-refractivity contribution in [1.82, 2.24) is 14.9 Å². The standard InChI is InChI=1S/C23H21N5O3S/c1-14(22(29)25-17-9-10-19-20(12-17)31-13-30-19)32-23-27-26-21(28(23)24)11-16-7-4-6-15-5-2-3-8-18(15)16/h2-10,12,14H,11,13,24H2,1H3,(H,25,29)/t14-/m1/s1. The van der Waals surface area contributed by atoms with E-state index in [4.69, 9.17) is 15.3 Å². The molecular formula is C23H21N5O3S. The molecule has 0 fully saturated rings. The second-order valence-corrected chi connectivity index (χ2v) is 8.71. The number of nitrogen functional groups attached to an aromatic ring is 1. The molecule has 1 aliphatic rings. The zero-order valence-electron chi connectivity index (χ0n) is 17.3. The largest absolute Gasteiger partial charge is 0.454 e. The van der Waals surface area contributed by atoms with Crippen molar-refractivity contribution in [3.63, 3.8) is 0 Å². The van der Waals surface area contributed by atoms with E-state index in [1.165, 1.54) is 16.4 Å². The van der Waals surface area contributed by atoms with E-state index >= 15 is 0 Å². The molecule has 8 nitrogen and oxygen atoms in total. The summed E-state index contributed by atoms with van der Waals surface area (Å²) in [6, 6.07) is 19.6. The summed E-state index contributed by atoms with van der Waals surface area (Å²) in [5, 5.41) is 13.7. The molecule has 1 atom stereocenters. The van der Waals surface area contributed by atoms with E-state index in [1.807, 2.05) is 18.2 Å². The van der Waals surface area contributed by atoms with Crippen LogP contribution in [0, 0.1) is 0 Å². The summed E-state index contributed by atoms with van der Waals surface area (Å²) in [4.78, 5) is 12.7. The Morgan fingerprint density at radius 1 is 1.12 bits per heavy atom. The Balaban J connectivity index is 1.27. The average molecular weight is 448 g/mol. The molecule has 0 spiro atoms. The molecule has 0 saturated heterocycles. The first-order valence-corrected chi connectivity index (χ1v) is 11.0. The number of ether oxygens (including phenoxy) is 2. The summed E-state index contributed by atoms with van der Waals surface area (Å²) < 4.78 is 12.1. The highest BCUT2D eigenvalue weighted by Gasteiger charge is 2.21. The van der Waals surface area contributed by atoms with Gasteiger partial charge in [0.05, 0.1) is 5.25 Å². The molecule has 0 bridgehead atoms. The van der Waals surface area contributed by atoms with Crippen molar-refractivity contribution in [3.8, 4) is 11.5 Å². The third kappa shape index (κ3) is 3.94. The lowest BCUT2D eigenvalue weighted by atomic mass is 10.0. The van der Waals surface area contributed by atoms with Crippen LogP contribution in [0.25, 0.3) is 10.8 Å². The van der Waals surface area contributed by atoms with Gasteiger partial charge in [-0.25, -0.2) is 4.68 Å². The Bertz CT molecular complexity index is 1300. The van der Waals surface area contributed by atoms with Gasteiger partial charge in [-0.2, -0.15) is 0 Å². The fraction of sp³-hybridized carbons (Fsp3) is 0.174. The van der Waals surface area contributed by atoms with E-state index in [1.54, 1.807) is 25.1 Å². The van der Waals surface area contributed by atoms with Crippen LogP contribution in [0.15, 0.2) is 65.8 Å². The van der Waals surface area contributed by atoms with Gasteiger partial charge in [0.25, 0.3) is 0 Å². The second-order valence-electron chi connectivity index (χ2n) is 7.40. The maximum absolute atomic E-state index is 12.7. The highest BCUT2D eigenvalue weighted by Crippen LogP contribution is 2.34. The van der Waals surface area contributed by atoms with E-state index in [2.05, 4.69) is 39.8 Å². The van der Waals surface area contributed by atoms with Crippen LogP contribution in [-0.2, 0) is 11.2 Å². The van der Waals surface area contributed by atoms with Crippen molar-refractivity contribution in [2.75, 3.05) is 18.0 Å². The van der Waals surface area contributed by atoms with Crippen molar-refractivity contribution < 1.29 is 14.3 Å². The fourth-order valence-corrected chi connectivity index (χ4v) is 4.34. The summed E-state index contributed by atoms with van der Waals surface area (Å²) >= 11 is 1.25. The molecular weight excluding hydrogens is 426 g/mol. The van der Waals surface area contributed by atoms with Gasteiger partial charge in [0.1, 0.15) is 0 Å². The first-order chi connectivity index (χ1) is 15.6. The second kappa shape index (κ2) is 8.43. The summed E-state index contributed by atoms with van der Waals surface area (Å²) in [6.07, 6.45) is 0.545. The first kappa shape index (κ1) is 20.2. The molecule has 1 aliphatic heterocycles. The minimum absolute atomic E-state index is 0.174. The van der Waals surface area contributed by atoms with Crippen LogP contribution in [0.3, 0.4) is 0 Å². The number of nitrogens with two attached hydrogens (primary N) is 1. The van der Waals surface area contributed by atoms with Crippen LogP contribution in [0.2, 0.25) is 0 Å². The number of benzene rings is 3. The highest BCUT2D eigenvalue weighted by molar-refractivity contribution is 8.00. The molecule has 2 heterocycles. The van der Waals surface area contributed by atoms with Gasteiger partial charge in [0, 0.05) is 18.2 Å².